The average Bonchev–Trinajstić information content (AvgIpc) is 3.13. The lowest BCUT2D eigenvalue weighted by Crippen LogP contribution is -2.32. The van der Waals surface area contributed by atoms with Crippen LogP contribution in [0.3, 0.4) is 0 Å². The number of hydrogen-bond acceptors (Lipinski definition) is 5. The Morgan fingerprint density at radius 1 is 1.27 bits per heavy atom. The molecule has 7 nitrogen and oxygen atoms in total. The van der Waals surface area contributed by atoms with E-state index >= 15 is 0 Å². The summed E-state index contributed by atoms with van der Waals surface area (Å²) >= 11 is 6.39. The molecule has 1 aliphatic rings. The van der Waals surface area contributed by atoms with Gasteiger partial charge in [-0.1, -0.05) is 11.6 Å². The van der Waals surface area contributed by atoms with Gasteiger partial charge >= 0.3 is 6.18 Å². The van der Waals surface area contributed by atoms with Crippen molar-refractivity contribution in [2.45, 2.75) is 51.4 Å². The molecule has 1 saturated carbocycles. The molecule has 33 heavy (non-hydrogen) atoms. The van der Waals surface area contributed by atoms with Crippen molar-refractivity contribution in [2.24, 2.45) is 5.92 Å². The summed E-state index contributed by atoms with van der Waals surface area (Å²) < 4.78 is 46.6. The van der Waals surface area contributed by atoms with Gasteiger partial charge in [0.1, 0.15) is 23.6 Å². The van der Waals surface area contributed by atoms with Gasteiger partial charge < -0.3 is 14.6 Å². The minimum Gasteiger partial charge on any atom is -0.474 e. The molecule has 176 valence electrons. The second-order valence-corrected chi connectivity index (χ2v) is 8.47. The van der Waals surface area contributed by atoms with E-state index in [0.29, 0.717) is 41.2 Å². The maximum Gasteiger partial charge on any atom is 0.391 e. The van der Waals surface area contributed by atoms with Gasteiger partial charge in [-0.15, -0.1) is 0 Å². The van der Waals surface area contributed by atoms with Crippen molar-refractivity contribution in [1.29, 1.82) is 0 Å². The number of nitrogens with zero attached hydrogens (tertiary/aromatic N) is 4. The molecule has 0 unspecified atom stereocenters. The summed E-state index contributed by atoms with van der Waals surface area (Å²) in [6, 6.07) is 3.41. The van der Waals surface area contributed by atoms with Crippen LogP contribution in [0, 0.1) is 12.8 Å². The average molecular weight is 482 g/mol. The Morgan fingerprint density at radius 3 is 2.67 bits per heavy atom. The van der Waals surface area contributed by atoms with Gasteiger partial charge in [0.25, 0.3) is 0 Å². The molecule has 11 heteroatoms. The largest absolute Gasteiger partial charge is 0.474 e. The number of carbonyl (C=O) groups is 1. The number of fused-ring (bicyclic) bond motifs is 1. The molecule has 1 aliphatic carbocycles. The number of hydrogen-bond donors (Lipinski definition) is 1. The van der Waals surface area contributed by atoms with Crippen LogP contribution in [0.15, 0.2) is 24.5 Å². The molecular weight excluding hydrogens is 459 g/mol. The predicted molar refractivity (Wildman–Crippen MR) is 117 cm³/mol. The fraction of sp³-hybridized carbons (Fsp3) is 0.455. The van der Waals surface area contributed by atoms with Crippen LogP contribution in [0.4, 0.5) is 13.2 Å². The van der Waals surface area contributed by atoms with E-state index in [2.05, 4.69) is 20.3 Å². The van der Waals surface area contributed by atoms with Crippen molar-refractivity contribution in [3.05, 3.63) is 35.5 Å². The highest BCUT2D eigenvalue weighted by molar-refractivity contribution is 6.35. The van der Waals surface area contributed by atoms with Crippen molar-refractivity contribution in [1.82, 2.24) is 24.8 Å². The second-order valence-electron chi connectivity index (χ2n) is 8.11. The van der Waals surface area contributed by atoms with Crippen LogP contribution in [0.2, 0.25) is 5.15 Å². The molecule has 3 heterocycles. The topological polar surface area (TPSA) is 81.9 Å². The van der Waals surface area contributed by atoms with E-state index in [9.17, 15) is 18.0 Å². The number of nitrogens with one attached hydrogen (secondary N) is 1. The normalized spacial score (nSPS) is 19.0. The Labute approximate surface area is 193 Å². The lowest BCUT2D eigenvalue weighted by molar-refractivity contribution is -0.185. The van der Waals surface area contributed by atoms with Crippen molar-refractivity contribution in [2.75, 3.05) is 7.05 Å². The highest BCUT2D eigenvalue weighted by atomic mass is 35.5. The van der Waals surface area contributed by atoms with Crippen LogP contribution in [0.5, 0.6) is 5.88 Å². The van der Waals surface area contributed by atoms with E-state index in [0.717, 1.165) is 5.52 Å². The van der Waals surface area contributed by atoms with Crippen LogP contribution in [0.1, 0.15) is 31.5 Å². The van der Waals surface area contributed by atoms with Crippen molar-refractivity contribution in [3.8, 4) is 17.1 Å². The van der Waals surface area contributed by atoms with Crippen LogP contribution in [0.25, 0.3) is 22.2 Å². The zero-order valence-electron chi connectivity index (χ0n) is 18.1. The number of aryl methyl sites for hydroxylation is 1. The van der Waals surface area contributed by atoms with Crippen molar-refractivity contribution >= 4 is 28.4 Å². The summed E-state index contributed by atoms with van der Waals surface area (Å²) in [5.41, 5.74) is 1.90. The standard InChI is InChI=1S/C22H23ClF3N5O2/c1-12-29-16(9-19(30-12)33-14-5-3-13(4-6-14)22(24,25)26)15-10-31(11-18(32)27-2)17-7-8-28-21(23)20(15)17/h7-10,13-14H,3-6,11H2,1-2H3,(H,27,32). The Hall–Kier alpha value is -2.88. The summed E-state index contributed by atoms with van der Waals surface area (Å²) in [6.07, 6.45) is -0.476. The second kappa shape index (κ2) is 9.17. The number of pyridine rings is 1. The van der Waals surface area contributed by atoms with Crippen LogP contribution < -0.4 is 10.1 Å². The van der Waals surface area contributed by atoms with E-state index in [4.69, 9.17) is 16.3 Å². The summed E-state index contributed by atoms with van der Waals surface area (Å²) in [5, 5.41) is 3.50. The Bertz CT molecular complexity index is 1170. The summed E-state index contributed by atoms with van der Waals surface area (Å²) in [6.45, 7) is 1.80. The number of aromatic nitrogens is 4. The van der Waals surface area contributed by atoms with Crippen molar-refractivity contribution in [3.63, 3.8) is 0 Å². The Morgan fingerprint density at radius 2 is 2.00 bits per heavy atom. The maximum atomic E-state index is 12.9. The molecular formula is C22H23ClF3N5O2. The smallest absolute Gasteiger partial charge is 0.391 e. The number of halogens is 4. The zero-order chi connectivity index (χ0) is 23.8. The van der Waals surface area contributed by atoms with E-state index < -0.39 is 12.1 Å². The molecule has 0 aromatic carbocycles. The number of ether oxygens (including phenoxy) is 1. The molecule has 0 saturated heterocycles. The van der Waals surface area contributed by atoms with Gasteiger partial charge in [0.05, 0.1) is 17.1 Å². The van der Waals surface area contributed by atoms with Gasteiger partial charge in [-0.05, 0) is 38.7 Å². The zero-order valence-corrected chi connectivity index (χ0v) is 18.9. The first kappa shape index (κ1) is 23.3. The lowest BCUT2D eigenvalue weighted by Gasteiger charge is -2.29. The fourth-order valence-corrected chi connectivity index (χ4v) is 4.44. The molecule has 3 aromatic heterocycles. The van der Waals surface area contributed by atoms with E-state index in [1.165, 1.54) is 0 Å². The minimum absolute atomic E-state index is 0.0410. The van der Waals surface area contributed by atoms with Gasteiger partial charge in [-0.25, -0.2) is 9.97 Å². The molecule has 0 atom stereocenters. The molecule has 3 aromatic rings. The quantitative estimate of drug-likeness (QED) is 0.534. The van der Waals surface area contributed by atoms with Gasteiger partial charge in [0.2, 0.25) is 11.8 Å². The molecule has 0 spiro atoms. The summed E-state index contributed by atoms with van der Waals surface area (Å²) in [5.74, 6) is -0.719. The fourth-order valence-electron chi connectivity index (χ4n) is 4.18. The lowest BCUT2D eigenvalue weighted by atomic mass is 9.87. The minimum atomic E-state index is -4.17. The maximum absolute atomic E-state index is 12.9. The molecule has 4 rings (SSSR count). The number of carbonyl (C=O) groups excluding carboxylic acids is 1. The van der Waals surface area contributed by atoms with Crippen molar-refractivity contribution < 1.29 is 22.7 Å². The van der Waals surface area contributed by atoms with Gasteiger partial charge in [0.15, 0.2) is 0 Å². The predicted octanol–water partition coefficient (Wildman–Crippen LogP) is 4.70. The SMILES string of the molecule is CNC(=O)Cn1cc(-c2cc(OC3CCC(C(F)(F)F)CC3)nc(C)n2)c2c(Cl)nccc21. The van der Waals surface area contributed by atoms with Crippen LogP contribution in [-0.2, 0) is 11.3 Å². The van der Waals surface area contributed by atoms with Crippen LogP contribution >= 0.6 is 11.6 Å². The molecule has 0 aliphatic heterocycles. The van der Waals surface area contributed by atoms with E-state index in [-0.39, 0.29) is 36.6 Å². The highest BCUT2D eigenvalue weighted by Gasteiger charge is 2.41. The highest BCUT2D eigenvalue weighted by Crippen LogP contribution is 2.39. The van der Waals surface area contributed by atoms with Crippen LogP contribution in [-0.4, -0.2) is 44.8 Å². The van der Waals surface area contributed by atoms with Gasteiger partial charge in [-0.3, -0.25) is 4.79 Å². The molecule has 0 bridgehead atoms. The third-order valence-electron chi connectivity index (χ3n) is 5.85. The Balaban J connectivity index is 1.64. The first-order valence-corrected chi connectivity index (χ1v) is 11.0. The van der Waals surface area contributed by atoms with E-state index in [1.54, 1.807) is 43.1 Å². The molecule has 1 amide bonds. The first-order valence-electron chi connectivity index (χ1n) is 10.6. The molecule has 0 radical (unpaired) electrons. The molecule has 1 fully saturated rings. The first-order chi connectivity index (χ1) is 15.7. The van der Waals surface area contributed by atoms with E-state index in [1.807, 2.05) is 0 Å². The third kappa shape index (κ3) is 5.05. The number of alkyl halides is 3. The monoisotopic (exact) mass is 481 g/mol. The third-order valence-corrected chi connectivity index (χ3v) is 6.14. The number of rotatable bonds is 5. The van der Waals surface area contributed by atoms with Gasteiger partial charge in [0, 0.05) is 36.5 Å². The van der Waals surface area contributed by atoms with Gasteiger partial charge in [-0.2, -0.15) is 18.2 Å². The summed E-state index contributed by atoms with van der Waals surface area (Å²) in [4.78, 5) is 25.0. The number of likely N-dealkylation sites (N-methyl/N-ethyl adjacent to an activating group) is 1. The Kier molecular flexibility index (Phi) is 6.47. The summed E-state index contributed by atoms with van der Waals surface area (Å²) in [7, 11) is 1.56. The molecule has 1 N–H and O–H groups in total. The number of amides is 1.